The van der Waals surface area contributed by atoms with Crippen molar-refractivity contribution in [2.24, 2.45) is 5.92 Å². The fourth-order valence-electron chi connectivity index (χ4n) is 2.98. The van der Waals surface area contributed by atoms with Gasteiger partial charge in [0.25, 0.3) is 0 Å². The molecular weight excluding hydrogens is 312 g/mol. The molecular formula is C17H28N2O3S. The lowest BCUT2D eigenvalue weighted by atomic mass is 9.98. The van der Waals surface area contributed by atoms with Gasteiger partial charge in [-0.1, -0.05) is 18.2 Å². The first kappa shape index (κ1) is 18.2. The molecule has 0 radical (unpaired) electrons. The summed E-state index contributed by atoms with van der Waals surface area (Å²) in [5.41, 5.74) is 1.16. The van der Waals surface area contributed by atoms with Gasteiger partial charge >= 0.3 is 0 Å². The molecule has 0 amide bonds. The average Bonchev–Trinajstić information content (AvgIpc) is 2.51. The number of nitrogens with one attached hydrogen (secondary N) is 1. The molecule has 0 aliphatic carbocycles. The molecule has 130 valence electrons. The van der Waals surface area contributed by atoms with Crippen molar-refractivity contribution in [1.29, 1.82) is 0 Å². The summed E-state index contributed by atoms with van der Waals surface area (Å²) >= 11 is 0. The van der Waals surface area contributed by atoms with Gasteiger partial charge in [-0.25, -0.2) is 13.1 Å². The van der Waals surface area contributed by atoms with E-state index in [4.69, 9.17) is 4.74 Å². The third-order valence-corrected chi connectivity index (χ3v) is 4.90. The van der Waals surface area contributed by atoms with Crippen molar-refractivity contribution < 1.29 is 13.2 Å². The highest BCUT2D eigenvalue weighted by molar-refractivity contribution is 7.88. The molecule has 0 unspecified atom stereocenters. The number of rotatable bonds is 8. The molecule has 1 N–H and O–H groups in total. The minimum absolute atomic E-state index is 0.413. The molecule has 1 aliphatic heterocycles. The maximum Gasteiger partial charge on any atom is 0.208 e. The Kier molecular flexibility index (Phi) is 6.87. The van der Waals surface area contributed by atoms with E-state index in [1.165, 1.54) is 6.26 Å². The molecule has 1 atom stereocenters. The van der Waals surface area contributed by atoms with Crippen molar-refractivity contribution in [3.8, 4) is 5.75 Å². The smallest absolute Gasteiger partial charge is 0.208 e. The van der Waals surface area contributed by atoms with Gasteiger partial charge in [-0.3, -0.25) is 0 Å². The van der Waals surface area contributed by atoms with Crippen LogP contribution in [0.1, 0.15) is 24.8 Å². The SMILES string of the molecule is Cc1ccccc1OCCCN1CCC[C@@H](CNS(C)(=O)=O)C1. The van der Waals surface area contributed by atoms with Crippen molar-refractivity contribution in [2.75, 3.05) is 39.0 Å². The first-order valence-corrected chi connectivity index (χ1v) is 10.2. The van der Waals surface area contributed by atoms with E-state index in [-0.39, 0.29) is 0 Å². The summed E-state index contributed by atoms with van der Waals surface area (Å²) in [6.07, 6.45) is 4.44. The highest BCUT2D eigenvalue weighted by Crippen LogP contribution is 2.18. The Morgan fingerprint density at radius 2 is 2.13 bits per heavy atom. The molecule has 6 heteroatoms. The molecule has 0 bridgehead atoms. The van der Waals surface area contributed by atoms with Gasteiger partial charge in [0.15, 0.2) is 0 Å². The average molecular weight is 340 g/mol. The maximum atomic E-state index is 11.2. The Bertz CT molecular complexity index is 589. The lowest BCUT2D eigenvalue weighted by molar-refractivity contribution is 0.163. The van der Waals surface area contributed by atoms with Crippen molar-refractivity contribution in [2.45, 2.75) is 26.2 Å². The number of piperidine rings is 1. The highest BCUT2D eigenvalue weighted by atomic mass is 32.2. The maximum absolute atomic E-state index is 11.2. The fraction of sp³-hybridized carbons (Fsp3) is 0.647. The van der Waals surface area contributed by atoms with Crippen molar-refractivity contribution in [3.05, 3.63) is 29.8 Å². The standard InChI is InChI=1S/C17H28N2O3S/c1-15-7-3-4-9-17(15)22-12-6-11-19-10-5-8-16(14-19)13-18-23(2,20)21/h3-4,7,9,16,18H,5-6,8,10-14H2,1-2H3/t16-/m0/s1. The number of nitrogens with zero attached hydrogens (tertiary/aromatic N) is 1. The van der Waals surface area contributed by atoms with E-state index in [0.29, 0.717) is 19.1 Å². The largest absolute Gasteiger partial charge is 0.493 e. The molecule has 0 saturated carbocycles. The van der Waals surface area contributed by atoms with Crippen molar-refractivity contribution in [1.82, 2.24) is 9.62 Å². The zero-order valence-corrected chi connectivity index (χ0v) is 14.9. The van der Waals surface area contributed by atoms with Gasteiger partial charge in [0.2, 0.25) is 10.0 Å². The van der Waals surface area contributed by atoms with Gasteiger partial charge in [0.1, 0.15) is 5.75 Å². The zero-order chi connectivity index (χ0) is 16.7. The topological polar surface area (TPSA) is 58.6 Å². The van der Waals surface area contributed by atoms with Gasteiger partial charge in [-0.15, -0.1) is 0 Å². The Morgan fingerprint density at radius 3 is 2.87 bits per heavy atom. The van der Waals surface area contributed by atoms with Gasteiger partial charge in [0.05, 0.1) is 12.9 Å². The monoisotopic (exact) mass is 340 g/mol. The molecule has 5 nitrogen and oxygen atoms in total. The number of para-hydroxylation sites is 1. The predicted molar refractivity (Wildman–Crippen MR) is 93.3 cm³/mol. The Balaban J connectivity index is 1.66. The third kappa shape index (κ3) is 6.89. The van der Waals surface area contributed by atoms with Crippen LogP contribution in [0.3, 0.4) is 0 Å². The molecule has 23 heavy (non-hydrogen) atoms. The van der Waals surface area contributed by atoms with Gasteiger partial charge < -0.3 is 9.64 Å². The van der Waals surface area contributed by atoms with E-state index in [0.717, 1.165) is 50.2 Å². The van der Waals surface area contributed by atoms with Gasteiger partial charge in [-0.2, -0.15) is 0 Å². The van der Waals surface area contributed by atoms with Crippen LogP contribution in [0.15, 0.2) is 24.3 Å². The summed E-state index contributed by atoms with van der Waals surface area (Å²) in [4.78, 5) is 2.42. The second-order valence-corrected chi connectivity index (χ2v) is 8.23. The molecule has 1 heterocycles. The second kappa shape index (κ2) is 8.66. The fourth-order valence-corrected chi connectivity index (χ4v) is 3.52. The summed E-state index contributed by atoms with van der Waals surface area (Å²) < 4.78 is 30.8. The summed E-state index contributed by atoms with van der Waals surface area (Å²) in [6.45, 7) is 6.38. The molecule has 1 aliphatic rings. The number of hydrogen-bond acceptors (Lipinski definition) is 4. The van der Waals surface area contributed by atoms with Crippen LogP contribution in [0.2, 0.25) is 0 Å². The highest BCUT2D eigenvalue weighted by Gasteiger charge is 2.20. The molecule has 0 spiro atoms. The van der Waals surface area contributed by atoms with E-state index in [1.807, 2.05) is 18.2 Å². The Labute approximate surface area is 140 Å². The van der Waals surface area contributed by atoms with Crippen LogP contribution in [0, 0.1) is 12.8 Å². The number of sulfonamides is 1. The van der Waals surface area contributed by atoms with E-state index < -0.39 is 10.0 Å². The van der Waals surface area contributed by atoms with E-state index in [1.54, 1.807) is 0 Å². The Hall–Kier alpha value is -1.11. The van der Waals surface area contributed by atoms with Crippen LogP contribution in [0.4, 0.5) is 0 Å². The third-order valence-electron chi connectivity index (χ3n) is 4.21. The van der Waals surface area contributed by atoms with E-state index in [9.17, 15) is 8.42 Å². The van der Waals surface area contributed by atoms with Crippen LogP contribution in [0.5, 0.6) is 5.75 Å². The normalized spacial score (nSPS) is 19.7. The lowest BCUT2D eigenvalue weighted by Gasteiger charge is -2.32. The van der Waals surface area contributed by atoms with Crippen LogP contribution < -0.4 is 9.46 Å². The van der Waals surface area contributed by atoms with Gasteiger partial charge in [0, 0.05) is 19.6 Å². The summed E-state index contributed by atoms with van der Waals surface area (Å²) in [5, 5.41) is 0. The van der Waals surface area contributed by atoms with E-state index in [2.05, 4.69) is 22.6 Å². The number of benzene rings is 1. The second-order valence-electron chi connectivity index (χ2n) is 6.40. The quantitative estimate of drug-likeness (QED) is 0.736. The molecule has 1 saturated heterocycles. The van der Waals surface area contributed by atoms with Crippen LogP contribution >= 0.6 is 0 Å². The van der Waals surface area contributed by atoms with Gasteiger partial charge in [-0.05, 0) is 50.3 Å². The zero-order valence-electron chi connectivity index (χ0n) is 14.1. The van der Waals surface area contributed by atoms with Crippen molar-refractivity contribution in [3.63, 3.8) is 0 Å². The van der Waals surface area contributed by atoms with Crippen LogP contribution in [-0.2, 0) is 10.0 Å². The molecule has 1 aromatic carbocycles. The first-order valence-electron chi connectivity index (χ1n) is 8.29. The molecule has 2 rings (SSSR count). The minimum Gasteiger partial charge on any atom is -0.493 e. The number of likely N-dealkylation sites (tertiary alicyclic amines) is 1. The Morgan fingerprint density at radius 1 is 1.35 bits per heavy atom. The number of hydrogen-bond donors (Lipinski definition) is 1. The molecule has 0 aromatic heterocycles. The van der Waals surface area contributed by atoms with Crippen LogP contribution in [-0.4, -0.2) is 52.4 Å². The van der Waals surface area contributed by atoms with Crippen LogP contribution in [0.25, 0.3) is 0 Å². The summed E-state index contributed by atoms with van der Waals surface area (Å²) in [5.74, 6) is 1.37. The summed E-state index contributed by atoms with van der Waals surface area (Å²) in [7, 11) is -3.09. The molecule has 1 aromatic rings. The summed E-state index contributed by atoms with van der Waals surface area (Å²) in [6, 6.07) is 8.06. The minimum atomic E-state index is -3.09. The van der Waals surface area contributed by atoms with Crippen molar-refractivity contribution >= 4 is 10.0 Å². The first-order chi connectivity index (χ1) is 10.9. The predicted octanol–water partition coefficient (Wildman–Crippen LogP) is 2.03. The number of ether oxygens (including phenoxy) is 1. The molecule has 1 fully saturated rings. The number of aryl methyl sites for hydroxylation is 1. The lowest BCUT2D eigenvalue weighted by Crippen LogP contribution is -2.41. The van der Waals surface area contributed by atoms with E-state index >= 15 is 0 Å².